The van der Waals surface area contributed by atoms with Gasteiger partial charge in [-0.15, -0.1) is 0 Å². The standard InChI is InChI=1S/C16H18N6O/c1-21-11-14(10-18-21)12-2-4-13(5-3-12)15-19-16(20-23-15)22-8-6-17-7-9-22/h2-5,10-11,17H,6-9H2,1H3. The van der Waals surface area contributed by atoms with Crippen LogP contribution in [0.1, 0.15) is 0 Å². The van der Waals surface area contributed by atoms with Gasteiger partial charge in [-0.1, -0.05) is 12.1 Å². The molecule has 0 unspecified atom stereocenters. The summed E-state index contributed by atoms with van der Waals surface area (Å²) in [5.74, 6) is 1.22. The van der Waals surface area contributed by atoms with E-state index in [1.54, 1.807) is 4.68 Å². The van der Waals surface area contributed by atoms with Gasteiger partial charge in [-0.05, 0) is 22.9 Å². The van der Waals surface area contributed by atoms with E-state index in [9.17, 15) is 0 Å². The van der Waals surface area contributed by atoms with Gasteiger partial charge in [0.2, 0.25) is 0 Å². The van der Waals surface area contributed by atoms with Gasteiger partial charge in [-0.2, -0.15) is 10.1 Å². The molecule has 3 heterocycles. The topological polar surface area (TPSA) is 72.0 Å². The molecular weight excluding hydrogens is 292 g/mol. The second-order valence-corrected chi connectivity index (χ2v) is 5.62. The van der Waals surface area contributed by atoms with Gasteiger partial charge >= 0.3 is 0 Å². The van der Waals surface area contributed by atoms with Crippen molar-refractivity contribution >= 4 is 5.95 Å². The van der Waals surface area contributed by atoms with Crippen LogP contribution in [0.5, 0.6) is 0 Å². The van der Waals surface area contributed by atoms with Crippen LogP contribution < -0.4 is 10.2 Å². The molecule has 118 valence electrons. The van der Waals surface area contributed by atoms with Crippen LogP contribution >= 0.6 is 0 Å². The van der Waals surface area contributed by atoms with E-state index in [1.165, 1.54) is 0 Å². The first-order valence-corrected chi connectivity index (χ1v) is 7.68. The molecule has 1 aromatic carbocycles. The van der Waals surface area contributed by atoms with E-state index < -0.39 is 0 Å². The van der Waals surface area contributed by atoms with Gasteiger partial charge < -0.3 is 14.7 Å². The first-order valence-electron chi connectivity index (χ1n) is 7.68. The maximum Gasteiger partial charge on any atom is 0.266 e. The minimum absolute atomic E-state index is 0.552. The maximum absolute atomic E-state index is 5.41. The largest absolute Gasteiger partial charge is 0.336 e. The van der Waals surface area contributed by atoms with Crippen LogP contribution in [0.3, 0.4) is 0 Å². The Bertz CT molecular complexity index is 785. The number of nitrogens with zero attached hydrogens (tertiary/aromatic N) is 5. The molecule has 7 heteroatoms. The van der Waals surface area contributed by atoms with Crippen LogP contribution in [-0.2, 0) is 7.05 Å². The molecule has 0 saturated carbocycles. The molecule has 0 spiro atoms. The van der Waals surface area contributed by atoms with Crippen LogP contribution in [0.4, 0.5) is 5.95 Å². The van der Waals surface area contributed by atoms with Crippen LogP contribution in [0.25, 0.3) is 22.6 Å². The normalized spacial score (nSPS) is 15.1. The molecule has 1 N–H and O–H groups in total. The highest BCUT2D eigenvalue weighted by Gasteiger charge is 2.17. The molecule has 1 aliphatic heterocycles. The van der Waals surface area contributed by atoms with E-state index in [4.69, 9.17) is 4.52 Å². The molecule has 4 rings (SSSR count). The lowest BCUT2D eigenvalue weighted by atomic mass is 10.1. The van der Waals surface area contributed by atoms with Gasteiger partial charge in [0.05, 0.1) is 6.20 Å². The lowest BCUT2D eigenvalue weighted by Crippen LogP contribution is -2.44. The van der Waals surface area contributed by atoms with Crippen molar-refractivity contribution in [2.45, 2.75) is 0 Å². The van der Waals surface area contributed by atoms with Crippen molar-refractivity contribution < 1.29 is 4.52 Å². The van der Waals surface area contributed by atoms with E-state index in [-0.39, 0.29) is 0 Å². The number of rotatable bonds is 3. The zero-order valence-electron chi connectivity index (χ0n) is 12.9. The Morgan fingerprint density at radius 2 is 1.78 bits per heavy atom. The Morgan fingerprint density at radius 1 is 1.04 bits per heavy atom. The summed E-state index contributed by atoms with van der Waals surface area (Å²) in [6, 6.07) is 8.08. The lowest BCUT2D eigenvalue weighted by molar-refractivity contribution is 0.427. The molecule has 23 heavy (non-hydrogen) atoms. The van der Waals surface area contributed by atoms with Gasteiger partial charge in [0, 0.05) is 50.6 Å². The van der Waals surface area contributed by atoms with Crippen molar-refractivity contribution in [2.24, 2.45) is 7.05 Å². The number of aryl methyl sites for hydroxylation is 1. The van der Waals surface area contributed by atoms with E-state index >= 15 is 0 Å². The zero-order chi connectivity index (χ0) is 15.6. The Labute approximate surface area is 133 Å². The van der Waals surface area contributed by atoms with Gasteiger partial charge in [0.15, 0.2) is 0 Å². The van der Waals surface area contributed by atoms with E-state index in [2.05, 4.69) is 25.5 Å². The van der Waals surface area contributed by atoms with Crippen molar-refractivity contribution in [3.8, 4) is 22.6 Å². The predicted molar refractivity (Wildman–Crippen MR) is 87.0 cm³/mol. The summed E-state index contributed by atoms with van der Waals surface area (Å²) in [5, 5.41) is 11.6. The number of nitrogens with one attached hydrogen (secondary N) is 1. The third kappa shape index (κ3) is 2.83. The summed E-state index contributed by atoms with van der Waals surface area (Å²) in [5.41, 5.74) is 3.13. The summed E-state index contributed by atoms with van der Waals surface area (Å²) >= 11 is 0. The molecule has 0 amide bonds. The number of hydrogen-bond donors (Lipinski definition) is 1. The van der Waals surface area contributed by atoms with E-state index in [0.29, 0.717) is 11.8 Å². The first kappa shape index (κ1) is 14.0. The van der Waals surface area contributed by atoms with Crippen LogP contribution in [0, 0.1) is 0 Å². The van der Waals surface area contributed by atoms with Crippen molar-refractivity contribution in [2.75, 3.05) is 31.1 Å². The Morgan fingerprint density at radius 3 is 2.48 bits per heavy atom. The van der Waals surface area contributed by atoms with Crippen molar-refractivity contribution in [3.05, 3.63) is 36.7 Å². The number of benzene rings is 1. The van der Waals surface area contributed by atoms with Gasteiger partial charge in [0.25, 0.3) is 11.8 Å². The number of anilines is 1. The highest BCUT2D eigenvalue weighted by atomic mass is 16.5. The van der Waals surface area contributed by atoms with Crippen molar-refractivity contribution in [3.63, 3.8) is 0 Å². The molecule has 1 fully saturated rings. The number of hydrogen-bond acceptors (Lipinski definition) is 6. The van der Waals surface area contributed by atoms with Crippen LogP contribution in [0.2, 0.25) is 0 Å². The minimum atomic E-state index is 0.552. The minimum Gasteiger partial charge on any atom is -0.336 e. The summed E-state index contributed by atoms with van der Waals surface area (Å²) in [4.78, 5) is 6.65. The monoisotopic (exact) mass is 310 g/mol. The third-order valence-electron chi connectivity index (χ3n) is 3.99. The molecule has 0 radical (unpaired) electrons. The smallest absolute Gasteiger partial charge is 0.266 e. The molecule has 0 aliphatic carbocycles. The zero-order valence-corrected chi connectivity index (χ0v) is 12.9. The summed E-state index contributed by atoms with van der Waals surface area (Å²) in [6.45, 7) is 3.70. The quantitative estimate of drug-likeness (QED) is 0.791. The SMILES string of the molecule is Cn1cc(-c2ccc(-c3nc(N4CCNCC4)no3)cc2)cn1. The van der Waals surface area contributed by atoms with E-state index in [1.807, 2.05) is 43.7 Å². The van der Waals surface area contributed by atoms with Crippen LogP contribution in [0.15, 0.2) is 41.2 Å². The lowest BCUT2D eigenvalue weighted by Gasteiger charge is -2.25. The van der Waals surface area contributed by atoms with Gasteiger partial charge in [-0.25, -0.2) is 0 Å². The van der Waals surface area contributed by atoms with Crippen LogP contribution in [-0.4, -0.2) is 46.1 Å². The molecule has 2 aromatic heterocycles. The Kier molecular flexibility index (Phi) is 3.55. The summed E-state index contributed by atoms with van der Waals surface area (Å²) < 4.78 is 7.21. The molecule has 3 aromatic rings. The molecular formula is C16H18N6O. The fourth-order valence-electron chi connectivity index (χ4n) is 2.70. The maximum atomic E-state index is 5.41. The van der Waals surface area contributed by atoms with Gasteiger partial charge in [0.1, 0.15) is 0 Å². The second kappa shape index (κ2) is 5.85. The molecule has 7 nitrogen and oxygen atoms in total. The summed E-state index contributed by atoms with van der Waals surface area (Å²) in [6.07, 6.45) is 3.84. The molecule has 0 atom stereocenters. The number of aromatic nitrogens is 4. The molecule has 1 aliphatic rings. The fraction of sp³-hybridized carbons (Fsp3) is 0.312. The molecule has 1 saturated heterocycles. The van der Waals surface area contributed by atoms with E-state index in [0.717, 1.165) is 42.9 Å². The molecule has 0 bridgehead atoms. The number of piperazine rings is 1. The fourth-order valence-corrected chi connectivity index (χ4v) is 2.70. The van der Waals surface area contributed by atoms with Crippen molar-refractivity contribution in [1.82, 2.24) is 25.2 Å². The average Bonchev–Trinajstić information content (AvgIpc) is 3.25. The first-order chi connectivity index (χ1) is 11.3. The highest BCUT2D eigenvalue weighted by molar-refractivity contribution is 5.66. The predicted octanol–water partition coefficient (Wildman–Crippen LogP) is 1.55. The Balaban J connectivity index is 1.55. The van der Waals surface area contributed by atoms with Crippen molar-refractivity contribution in [1.29, 1.82) is 0 Å². The average molecular weight is 310 g/mol. The Hall–Kier alpha value is -2.67. The second-order valence-electron chi connectivity index (χ2n) is 5.62. The highest BCUT2D eigenvalue weighted by Crippen LogP contribution is 2.24. The third-order valence-corrected chi connectivity index (χ3v) is 3.99. The van der Waals surface area contributed by atoms with Gasteiger partial charge in [-0.3, -0.25) is 4.68 Å². The summed E-state index contributed by atoms with van der Waals surface area (Å²) in [7, 11) is 1.91.